The number of carboxylic acid groups (broad SMARTS) is 1. The Kier molecular flexibility index (Phi) is 5.61. The Morgan fingerprint density at radius 3 is 2.44 bits per heavy atom. The highest BCUT2D eigenvalue weighted by molar-refractivity contribution is 9.10. The Morgan fingerprint density at radius 2 is 1.85 bits per heavy atom. The van der Waals surface area contributed by atoms with E-state index in [9.17, 15) is 9.90 Å². The molecule has 142 valence electrons. The molecule has 3 aromatic rings. The third-order valence-electron chi connectivity index (χ3n) is 5.43. The minimum atomic E-state index is -0.779. The summed E-state index contributed by atoms with van der Waals surface area (Å²) in [7, 11) is 1.65. The summed E-state index contributed by atoms with van der Waals surface area (Å²) in [5, 5.41) is 10.6. The highest BCUT2D eigenvalue weighted by Crippen LogP contribution is 2.37. The standard InChI is InChI=1S/C22H24BrNO3/c1-13(14(2)22(25)26)21-15(3)24(12-16-5-7-17(23)8-6-16)20-10-9-18(27-4)11-19(20)21/h5-11,13-14H,12H2,1-4H3,(H,25,26). The summed E-state index contributed by atoms with van der Waals surface area (Å²) >= 11 is 3.48. The number of halogens is 1. The molecule has 0 aliphatic carbocycles. The maximum Gasteiger partial charge on any atom is 0.306 e. The van der Waals surface area contributed by atoms with Crippen LogP contribution in [0.5, 0.6) is 5.75 Å². The first-order valence-electron chi connectivity index (χ1n) is 8.97. The lowest BCUT2D eigenvalue weighted by Crippen LogP contribution is -2.17. The lowest BCUT2D eigenvalue weighted by atomic mass is 9.87. The average Bonchev–Trinajstić information content (AvgIpc) is 2.93. The fraction of sp³-hybridized carbons (Fsp3) is 0.318. The van der Waals surface area contributed by atoms with Crippen molar-refractivity contribution in [3.8, 4) is 5.75 Å². The van der Waals surface area contributed by atoms with Crippen molar-refractivity contribution in [3.05, 3.63) is 63.8 Å². The summed E-state index contributed by atoms with van der Waals surface area (Å²) < 4.78 is 8.73. The highest BCUT2D eigenvalue weighted by Gasteiger charge is 2.27. The first kappa shape index (κ1) is 19.5. The SMILES string of the molecule is COc1ccc2c(c1)c(C(C)C(C)C(=O)O)c(C)n2Cc1ccc(Br)cc1. The number of hydrogen-bond donors (Lipinski definition) is 1. The van der Waals surface area contributed by atoms with Gasteiger partial charge in [-0.3, -0.25) is 4.79 Å². The van der Waals surface area contributed by atoms with Crippen molar-refractivity contribution in [2.24, 2.45) is 5.92 Å². The number of carboxylic acids is 1. The fourth-order valence-corrected chi connectivity index (χ4v) is 3.89. The summed E-state index contributed by atoms with van der Waals surface area (Å²) in [4.78, 5) is 11.6. The Balaban J connectivity index is 2.17. The molecule has 1 aromatic heterocycles. The molecule has 2 unspecified atom stereocenters. The summed E-state index contributed by atoms with van der Waals surface area (Å²) in [5.41, 5.74) is 4.47. The second kappa shape index (κ2) is 7.77. The number of aliphatic carboxylic acids is 1. The van der Waals surface area contributed by atoms with Crippen molar-refractivity contribution in [1.82, 2.24) is 4.57 Å². The molecular formula is C22H24BrNO3. The van der Waals surface area contributed by atoms with E-state index >= 15 is 0 Å². The van der Waals surface area contributed by atoms with Gasteiger partial charge in [-0.25, -0.2) is 0 Å². The van der Waals surface area contributed by atoms with Gasteiger partial charge >= 0.3 is 5.97 Å². The zero-order chi connectivity index (χ0) is 19.7. The highest BCUT2D eigenvalue weighted by atomic mass is 79.9. The van der Waals surface area contributed by atoms with Crippen LogP contribution in [0.2, 0.25) is 0 Å². The molecule has 0 bridgehead atoms. The van der Waals surface area contributed by atoms with E-state index in [0.29, 0.717) is 0 Å². The van der Waals surface area contributed by atoms with Gasteiger partial charge in [0.05, 0.1) is 13.0 Å². The van der Waals surface area contributed by atoms with Crippen LogP contribution in [0.15, 0.2) is 46.9 Å². The van der Waals surface area contributed by atoms with E-state index in [0.717, 1.165) is 38.9 Å². The number of carbonyl (C=O) groups is 1. The van der Waals surface area contributed by atoms with Gasteiger partial charge < -0.3 is 14.4 Å². The van der Waals surface area contributed by atoms with E-state index in [2.05, 4.69) is 45.6 Å². The number of rotatable bonds is 6. The first-order chi connectivity index (χ1) is 12.8. The monoisotopic (exact) mass is 429 g/mol. The zero-order valence-corrected chi connectivity index (χ0v) is 17.6. The number of ether oxygens (including phenoxy) is 1. The van der Waals surface area contributed by atoms with Gasteiger partial charge in [-0.05, 0) is 54.3 Å². The number of hydrogen-bond acceptors (Lipinski definition) is 2. The summed E-state index contributed by atoms with van der Waals surface area (Å²) in [6.45, 7) is 6.57. The number of nitrogens with zero attached hydrogens (tertiary/aromatic N) is 1. The second-order valence-corrected chi connectivity index (χ2v) is 7.93. The molecule has 1 N–H and O–H groups in total. The first-order valence-corrected chi connectivity index (χ1v) is 9.76. The molecule has 0 radical (unpaired) electrons. The summed E-state index contributed by atoms with van der Waals surface area (Å²) in [6.07, 6.45) is 0. The van der Waals surface area contributed by atoms with Gasteiger partial charge in [0.15, 0.2) is 0 Å². The Bertz CT molecular complexity index is 975. The number of aromatic nitrogens is 1. The van der Waals surface area contributed by atoms with Crippen LogP contribution in [0.1, 0.15) is 36.6 Å². The molecule has 2 aromatic carbocycles. The van der Waals surface area contributed by atoms with Gasteiger partial charge in [0.25, 0.3) is 0 Å². The largest absolute Gasteiger partial charge is 0.497 e. The molecule has 0 aliphatic rings. The molecule has 5 heteroatoms. The van der Waals surface area contributed by atoms with Gasteiger partial charge in [-0.15, -0.1) is 0 Å². The van der Waals surface area contributed by atoms with Gasteiger partial charge in [-0.1, -0.05) is 41.9 Å². The number of methoxy groups -OCH3 is 1. The third kappa shape index (κ3) is 3.74. The summed E-state index contributed by atoms with van der Waals surface area (Å²) in [5.74, 6) is -0.580. The van der Waals surface area contributed by atoms with E-state index in [1.165, 1.54) is 5.56 Å². The normalized spacial score (nSPS) is 13.5. The third-order valence-corrected chi connectivity index (χ3v) is 5.96. The van der Waals surface area contributed by atoms with Crippen molar-refractivity contribution >= 4 is 32.8 Å². The topological polar surface area (TPSA) is 51.5 Å². The minimum absolute atomic E-state index is 0.108. The predicted octanol–water partition coefficient (Wildman–Crippen LogP) is 5.59. The van der Waals surface area contributed by atoms with E-state index in [4.69, 9.17) is 4.74 Å². The fourth-order valence-electron chi connectivity index (χ4n) is 3.63. The van der Waals surface area contributed by atoms with Crippen LogP contribution < -0.4 is 4.74 Å². The molecule has 3 rings (SSSR count). The van der Waals surface area contributed by atoms with E-state index < -0.39 is 11.9 Å². The molecule has 0 aliphatic heterocycles. The maximum absolute atomic E-state index is 11.6. The van der Waals surface area contributed by atoms with Crippen LogP contribution in [0.3, 0.4) is 0 Å². The van der Waals surface area contributed by atoms with Crippen molar-refractivity contribution in [2.75, 3.05) is 7.11 Å². The number of benzene rings is 2. The molecule has 0 saturated carbocycles. The predicted molar refractivity (Wildman–Crippen MR) is 112 cm³/mol. The molecule has 27 heavy (non-hydrogen) atoms. The Hall–Kier alpha value is -2.27. The van der Waals surface area contributed by atoms with E-state index in [1.807, 2.05) is 31.2 Å². The average molecular weight is 430 g/mol. The molecule has 1 heterocycles. The van der Waals surface area contributed by atoms with Gasteiger partial charge in [0.1, 0.15) is 5.75 Å². The quantitative estimate of drug-likeness (QED) is 0.555. The number of fused-ring (bicyclic) bond motifs is 1. The Morgan fingerprint density at radius 1 is 1.19 bits per heavy atom. The smallest absolute Gasteiger partial charge is 0.306 e. The van der Waals surface area contributed by atoms with Gasteiger partial charge in [-0.2, -0.15) is 0 Å². The molecule has 0 fully saturated rings. The van der Waals surface area contributed by atoms with Crippen LogP contribution in [0.4, 0.5) is 0 Å². The van der Waals surface area contributed by atoms with Crippen molar-refractivity contribution < 1.29 is 14.6 Å². The molecule has 0 spiro atoms. The van der Waals surface area contributed by atoms with Crippen LogP contribution >= 0.6 is 15.9 Å². The van der Waals surface area contributed by atoms with Crippen LogP contribution in [-0.2, 0) is 11.3 Å². The van der Waals surface area contributed by atoms with E-state index in [1.54, 1.807) is 14.0 Å². The maximum atomic E-state index is 11.6. The van der Waals surface area contributed by atoms with E-state index in [-0.39, 0.29) is 5.92 Å². The minimum Gasteiger partial charge on any atom is -0.497 e. The zero-order valence-electron chi connectivity index (χ0n) is 16.0. The molecular weight excluding hydrogens is 406 g/mol. The lowest BCUT2D eigenvalue weighted by Gasteiger charge is -2.17. The molecule has 2 atom stereocenters. The van der Waals surface area contributed by atoms with Crippen LogP contribution in [-0.4, -0.2) is 22.8 Å². The van der Waals surface area contributed by atoms with Crippen molar-refractivity contribution in [1.29, 1.82) is 0 Å². The lowest BCUT2D eigenvalue weighted by molar-refractivity contribution is -0.141. The summed E-state index contributed by atoms with van der Waals surface area (Å²) in [6, 6.07) is 14.3. The second-order valence-electron chi connectivity index (χ2n) is 7.01. The van der Waals surface area contributed by atoms with Crippen LogP contribution in [0, 0.1) is 12.8 Å². The molecule has 4 nitrogen and oxygen atoms in total. The van der Waals surface area contributed by atoms with Crippen LogP contribution in [0.25, 0.3) is 10.9 Å². The van der Waals surface area contributed by atoms with Gasteiger partial charge in [0.2, 0.25) is 0 Å². The molecule has 0 saturated heterocycles. The van der Waals surface area contributed by atoms with Gasteiger partial charge in [0, 0.05) is 27.6 Å². The molecule has 0 amide bonds. The van der Waals surface area contributed by atoms with Crippen molar-refractivity contribution in [2.45, 2.75) is 33.2 Å². The van der Waals surface area contributed by atoms with Crippen molar-refractivity contribution in [3.63, 3.8) is 0 Å². The Labute approximate surface area is 167 Å².